The SMILES string of the molecule is c1ccc2c(c1)-c1ccccc1C21c2ccccc2-c2cc3c(cc21)oc1cc(-c2ccc4sc5ccccc5c4c2)ccc13.c1ccc2c(c1)-c1ccccc1C21c2ccccc2-c2cc3c(cc21)oc1ccc(-c2ccc4oc5ccccc5c4c2)cc13.c1ccc2c(c1)-c1ccccc1C21c2ccccc2-c2cc3c(cc21)oc1cccc(-c2ccc4oc5ccccc5c4c2)c13. The van der Waals surface area contributed by atoms with Gasteiger partial charge in [-0.25, -0.2) is 0 Å². The molecule has 33 rings (SSSR count). The van der Waals surface area contributed by atoms with E-state index in [0.717, 1.165) is 127 Å². The third-order valence-corrected chi connectivity index (χ3v) is 32.0. The van der Waals surface area contributed by atoms with Gasteiger partial charge in [0.15, 0.2) is 0 Å². The van der Waals surface area contributed by atoms with E-state index < -0.39 is 0 Å². The van der Waals surface area contributed by atoms with Crippen LogP contribution in [0.3, 0.4) is 0 Å². The van der Waals surface area contributed by atoms with E-state index in [1.54, 1.807) is 0 Å². The quantitative estimate of drug-likeness (QED) is 0.176. The highest BCUT2D eigenvalue weighted by Crippen LogP contribution is 2.68. The average Bonchev–Trinajstić information content (AvgIpc) is 1.51. The lowest BCUT2D eigenvalue weighted by Crippen LogP contribution is -2.25. The number of benzene rings is 21. The van der Waals surface area contributed by atoms with Crippen LogP contribution < -0.4 is 0 Å². The van der Waals surface area contributed by atoms with Gasteiger partial charge in [-0.2, -0.15) is 0 Å². The molecule has 3 spiro atoms. The van der Waals surface area contributed by atoms with Gasteiger partial charge in [-0.05, 0) is 288 Å². The maximum absolute atomic E-state index is 6.76. The van der Waals surface area contributed by atoms with Crippen LogP contribution in [0.5, 0.6) is 0 Å². The number of para-hydroxylation sites is 2. The van der Waals surface area contributed by atoms with Crippen LogP contribution in [0.2, 0.25) is 0 Å². The second kappa shape index (κ2) is 27.0. The van der Waals surface area contributed by atoms with E-state index in [1.165, 1.54) is 170 Å². The normalized spacial score (nSPS) is 14.0. The zero-order valence-corrected chi connectivity index (χ0v) is 73.3. The van der Waals surface area contributed by atoms with Crippen LogP contribution in [-0.2, 0) is 16.2 Å². The van der Waals surface area contributed by atoms with Crippen molar-refractivity contribution in [2.24, 2.45) is 0 Å². The van der Waals surface area contributed by atoms with E-state index in [9.17, 15) is 0 Å². The summed E-state index contributed by atoms with van der Waals surface area (Å²) in [6, 6.07) is 159. The van der Waals surface area contributed by atoms with Crippen LogP contribution >= 0.6 is 11.3 Å². The summed E-state index contributed by atoms with van der Waals surface area (Å²) in [7, 11) is 0. The van der Waals surface area contributed by atoms with Crippen molar-refractivity contribution in [3.05, 3.63) is 504 Å². The molecule has 0 saturated carbocycles. The Morgan fingerprint density at radius 1 is 0.133 bits per heavy atom. The van der Waals surface area contributed by atoms with E-state index in [1.807, 2.05) is 35.6 Å². The molecule has 0 amide bonds. The molecule has 6 heterocycles. The lowest BCUT2D eigenvalue weighted by Gasteiger charge is -2.30. The van der Waals surface area contributed by atoms with Gasteiger partial charge in [-0.15, -0.1) is 11.3 Å². The van der Waals surface area contributed by atoms with Gasteiger partial charge in [0.25, 0.3) is 0 Å². The molecule has 0 bridgehead atoms. The van der Waals surface area contributed by atoms with E-state index in [-0.39, 0.29) is 16.2 Å². The summed E-state index contributed by atoms with van der Waals surface area (Å²) in [5.41, 5.74) is 46.7. The van der Waals surface area contributed by atoms with Crippen molar-refractivity contribution in [1.29, 1.82) is 0 Å². The predicted octanol–water partition coefficient (Wildman–Crippen LogP) is 35.0. The molecule has 0 aliphatic heterocycles. The zero-order chi connectivity index (χ0) is 87.8. The van der Waals surface area contributed by atoms with Gasteiger partial charge < -0.3 is 22.1 Å². The third-order valence-electron chi connectivity index (χ3n) is 30.9. The smallest absolute Gasteiger partial charge is 0.136 e. The highest BCUT2D eigenvalue weighted by atomic mass is 32.1. The summed E-state index contributed by atoms with van der Waals surface area (Å²) in [6.45, 7) is 0. The number of fused-ring (bicyclic) bond motifs is 48. The number of hydrogen-bond donors (Lipinski definition) is 0. The summed E-state index contributed by atoms with van der Waals surface area (Å²) in [6.07, 6.45) is 0. The fourth-order valence-corrected chi connectivity index (χ4v) is 26.5. The molecule has 624 valence electrons. The minimum Gasteiger partial charge on any atom is -0.456 e. The molecule has 135 heavy (non-hydrogen) atoms. The first kappa shape index (κ1) is 73.6. The van der Waals surface area contributed by atoms with Crippen LogP contribution in [0.4, 0.5) is 0 Å². The number of hydrogen-bond acceptors (Lipinski definition) is 6. The lowest BCUT2D eigenvalue weighted by atomic mass is 9.70. The molecule has 0 radical (unpaired) electrons. The van der Waals surface area contributed by atoms with Gasteiger partial charge in [0.2, 0.25) is 0 Å². The van der Waals surface area contributed by atoms with Crippen molar-refractivity contribution < 1.29 is 22.1 Å². The molecule has 0 atom stereocenters. The maximum atomic E-state index is 6.76. The summed E-state index contributed by atoms with van der Waals surface area (Å²) >= 11 is 1.86. The number of thiophene rings is 1. The summed E-state index contributed by atoms with van der Waals surface area (Å²) < 4.78 is 35.0. The van der Waals surface area contributed by atoms with Crippen LogP contribution in [0.15, 0.2) is 459 Å². The van der Waals surface area contributed by atoms with Crippen molar-refractivity contribution in [3.8, 4) is 100 Å². The second-order valence-corrected chi connectivity index (χ2v) is 38.3. The van der Waals surface area contributed by atoms with E-state index in [2.05, 4.69) is 413 Å². The lowest BCUT2D eigenvalue weighted by molar-refractivity contribution is 0.666. The molecule has 21 aromatic carbocycles. The van der Waals surface area contributed by atoms with Crippen molar-refractivity contribution in [1.82, 2.24) is 0 Å². The van der Waals surface area contributed by atoms with Gasteiger partial charge in [0.05, 0.1) is 16.2 Å². The number of rotatable bonds is 3. The Kier molecular flexibility index (Phi) is 14.7. The average molecular weight is 1730 g/mol. The molecule has 6 aromatic heterocycles. The monoisotopic (exact) mass is 1730 g/mol. The molecule has 0 N–H and O–H groups in total. The van der Waals surface area contributed by atoms with Crippen molar-refractivity contribution in [2.75, 3.05) is 0 Å². The van der Waals surface area contributed by atoms with Crippen LogP contribution in [-0.4, -0.2) is 0 Å². The molecular formula is C129H72O5S. The Bertz CT molecular complexity index is 9720. The van der Waals surface area contributed by atoms with Crippen LogP contribution in [0, 0.1) is 0 Å². The minimum atomic E-state index is -0.386. The minimum absolute atomic E-state index is 0.365. The molecule has 6 aliphatic rings. The zero-order valence-electron chi connectivity index (χ0n) is 72.5. The molecular weight excluding hydrogens is 1660 g/mol. The largest absolute Gasteiger partial charge is 0.456 e. The number of furan rings is 5. The molecule has 6 heteroatoms. The van der Waals surface area contributed by atoms with Gasteiger partial charge >= 0.3 is 0 Å². The third kappa shape index (κ3) is 9.74. The first-order valence-corrected chi connectivity index (χ1v) is 47.3. The fraction of sp³-hybridized carbons (Fsp3) is 0.0233. The predicted molar refractivity (Wildman–Crippen MR) is 554 cm³/mol. The van der Waals surface area contributed by atoms with Gasteiger partial charge in [0.1, 0.15) is 55.8 Å². The van der Waals surface area contributed by atoms with Crippen LogP contribution in [0.25, 0.3) is 230 Å². The van der Waals surface area contributed by atoms with Gasteiger partial charge in [0, 0.05) is 74.0 Å². The van der Waals surface area contributed by atoms with E-state index >= 15 is 0 Å². The van der Waals surface area contributed by atoms with Gasteiger partial charge in [-0.1, -0.05) is 315 Å². The Morgan fingerprint density at radius 2 is 0.393 bits per heavy atom. The van der Waals surface area contributed by atoms with Crippen molar-refractivity contribution >= 4 is 141 Å². The topological polar surface area (TPSA) is 65.7 Å². The molecule has 27 aromatic rings. The molecule has 6 aliphatic carbocycles. The summed E-state index contributed by atoms with van der Waals surface area (Å²) in [5, 5.41) is 14.1. The first-order chi connectivity index (χ1) is 66.9. The fourth-order valence-electron chi connectivity index (χ4n) is 25.4. The first-order valence-electron chi connectivity index (χ1n) is 46.5. The standard InChI is InChI=1S/2C43H24O2.C43H24OS/c1-5-15-34-27(10-1)28-11-2-6-16-35(28)43(34)36-17-7-3-12-29(36)31-23-33-41(24-37(31)43)45-40-19-9-14-26(42(33)40)25-20-21-39-32(22-25)30-13-4-8-18-38(30)44-39;1-5-13-35-27(9-1)28-10-2-6-14-36(28)43(35)37-15-7-3-11-29(37)31-23-34-33-22-26(18-20-41(33)45-42(34)24-38(31)43)25-17-19-40-32(21-25)30-12-4-8-16-39(30)44-40;1-5-13-35-27(9-1)28-10-2-6-14-36(28)43(35)37-15-7-3-11-29(37)32-23-33-30-19-17-26(22-39(30)44-40(33)24-38(32)43)25-18-20-42-34(21-25)31-12-4-8-16-41(31)45-42/h3*1-24H. The Labute approximate surface area is 777 Å². The van der Waals surface area contributed by atoms with E-state index in [0.29, 0.717) is 0 Å². The van der Waals surface area contributed by atoms with E-state index in [4.69, 9.17) is 22.1 Å². The second-order valence-electron chi connectivity index (χ2n) is 37.2. The van der Waals surface area contributed by atoms with Gasteiger partial charge in [-0.3, -0.25) is 0 Å². The Balaban J connectivity index is 0.0000000945. The molecule has 5 nitrogen and oxygen atoms in total. The Hall–Kier alpha value is -17.2. The van der Waals surface area contributed by atoms with Crippen molar-refractivity contribution in [2.45, 2.75) is 16.2 Å². The molecule has 0 saturated heterocycles. The van der Waals surface area contributed by atoms with Crippen LogP contribution in [0.1, 0.15) is 66.8 Å². The van der Waals surface area contributed by atoms with Crippen molar-refractivity contribution in [3.63, 3.8) is 0 Å². The summed E-state index contributed by atoms with van der Waals surface area (Å²) in [4.78, 5) is 0. The molecule has 0 unspecified atom stereocenters. The Morgan fingerprint density at radius 3 is 0.844 bits per heavy atom. The highest BCUT2D eigenvalue weighted by molar-refractivity contribution is 7.25. The molecule has 0 fully saturated rings. The summed E-state index contributed by atoms with van der Waals surface area (Å²) in [5.74, 6) is 0. The maximum Gasteiger partial charge on any atom is 0.136 e. The highest BCUT2D eigenvalue weighted by Gasteiger charge is 2.55.